The lowest BCUT2D eigenvalue weighted by Crippen LogP contribution is -2.27. The zero-order valence-corrected chi connectivity index (χ0v) is 19.4. The molecule has 1 saturated heterocycles. The smallest absolute Gasteiger partial charge is 0.266 e. The molecule has 1 aliphatic rings. The molecule has 1 fully saturated rings. The largest absolute Gasteiger partial charge is 0.489 e. The minimum atomic E-state index is -0.0593. The lowest BCUT2D eigenvalue weighted by molar-refractivity contribution is -0.122. The van der Waals surface area contributed by atoms with Crippen molar-refractivity contribution in [2.24, 2.45) is 0 Å². The zero-order chi connectivity index (χ0) is 22.6. The number of thioether (sulfide) groups is 1. The van der Waals surface area contributed by atoms with E-state index in [4.69, 9.17) is 17.0 Å². The first-order valence-corrected chi connectivity index (χ1v) is 11.9. The number of thiocarbonyl (C=S) groups is 1. The van der Waals surface area contributed by atoms with E-state index in [9.17, 15) is 4.79 Å². The van der Waals surface area contributed by atoms with E-state index in [-0.39, 0.29) is 5.91 Å². The van der Waals surface area contributed by atoms with Crippen molar-refractivity contribution in [1.82, 2.24) is 4.90 Å². The average molecular weight is 468 g/mol. The molecule has 5 rings (SSSR count). The maximum Gasteiger partial charge on any atom is 0.266 e. The van der Waals surface area contributed by atoms with Crippen molar-refractivity contribution in [3.05, 3.63) is 119 Å². The predicted octanol–water partition coefficient (Wildman–Crippen LogP) is 6.82. The van der Waals surface area contributed by atoms with Gasteiger partial charge in [0.1, 0.15) is 16.7 Å². The number of fused-ring (bicyclic) bond motifs is 1. The van der Waals surface area contributed by atoms with Crippen molar-refractivity contribution in [2.75, 3.05) is 0 Å². The molecule has 0 N–H and O–H groups in total. The number of carbonyl (C=O) groups excluding carboxylic acids is 1. The van der Waals surface area contributed by atoms with Crippen LogP contribution in [0, 0.1) is 0 Å². The number of hydrogen-bond acceptors (Lipinski definition) is 4. The van der Waals surface area contributed by atoms with Gasteiger partial charge >= 0.3 is 0 Å². The molecule has 0 radical (unpaired) electrons. The first-order valence-electron chi connectivity index (χ1n) is 10.7. The molecule has 0 aliphatic carbocycles. The second-order valence-electron chi connectivity index (χ2n) is 7.75. The maximum atomic E-state index is 13.0. The highest BCUT2D eigenvalue weighted by atomic mass is 32.2. The molecule has 0 bridgehead atoms. The Bertz CT molecular complexity index is 1360. The summed E-state index contributed by atoms with van der Waals surface area (Å²) in [6, 6.07) is 32.2. The Labute approximate surface area is 202 Å². The van der Waals surface area contributed by atoms with Crippen molar-refractivity contribution in [3.8, 4) is 5.75 Å². The Morgan fingerprint density at radius 3 is 2.52 bits per heavy atom. The third kappa shape index (κ3) is 4.85. The Balaban J connectivity index is 1.31. The van der Waals surface area contributed by atoms with Crippen LogP contribution in [0.5, 0.6) is 5.75 Å². The van der Waals surface area contributed by atoms with Crippen LogP contribution < -0.4 is 4.74 Å². The third-order valence-corrected chi connectivity index (χ3v) is 6.87. The van der Waals surface area contributed by atoms with Crippen LogP contribution in [0.3, 0.4) is 0 Å². The highest BCUT2D eigenvalue weighted by Gasteiger charge is 2.31. The number of rotatable bonds is 6. The first-order chi connectivity index (χ1) is 16.2. The number of nitrogens with zero attached hydrogens (tertiary/aromatic N) is 1. The molecule has 162 valence electrons. The van der Waals surface area contributed by atoms with Crippen LogP contribution in [-0.2, 0) is 17.9 Å². The molecule has 4 aromatic carbocycles. The fraction of sp³-hybridized carbons (Fsp3) is 0.0714. The van der Waals surface area contributed by atoms with Gasteiger partial charge in [-0.3, -0.25) is 9.69 Å². The van der Waals surface area contributed by atoms with Crippen LogP contribution in [0.1, 0.15) is 16.7 Å². The Hall–Kier alpha value is -3.41. The van der Waals surface area contributed by atoms with Gasteiger partial charge < -0.3 is 4.74 Å². The van der Waals surface area contributed by atoms with E-state index >= 15 is 0 Å². The molecular weight excluding hydrogens is 446 g/mol. The van der Waals surface area contributed by atoms with Crippen LogP contribution in [0.25, 0.3) is 16.8 Å². The van der Waals surface area contributed by atoms with Gasteiger partial charge in [-0.2, -0.15) is 0 Å². The summed E-state index contributed by atoms with van der Waals surface area (Å²) < 4.78 is 6.68. The minimum Gasteiger partial charge on any atom is -0.489 e. The van der Waals surface area contributed by atoms with E-state index in [0.29, 0.717) is 22.4 Å². The van der Waals surface area contributed by atoms with E-state index in [1.807, 2.05) is 72.8 Å². The summed E-state index contributed by atoms with van der Waals surface area (Å²) in [6.45, 7) is 0.959. The van der Waals surface area contributed by atoms with Crippen molar-refractivity contribution in [3.63, 3.8) is 0 Å². The Morgan fingerprint density at radius 1 is 0.879 bits per heavy atom. The summed E-state index contributed by atoms with van der Waals surface area (Å²) in [5, 5.41) is 2.39. The van der Waals surface area contributed by atoms with Gasteiger partial charge in [0.25, 0.3) is 5.91 Å². The predicted molar refractivity (Wildman–Crippen MR) is 140 cm³/mol. The van der Waals surface area contributed by atoms with E-state index in [1.54, 1.807) is 4.90 Å². The molecule has 5 heteroatoms. The van der Waals surface area contributed by atoms with E-state index in [0.717, 1.165) is 22.4 Å². The fourth-order valence-electron chi connectivity index (χ4n) is 3.83. The van der Waals surface area contributed by atoms with Gasteiger partial charge in [-0.25, -0.2) is 0 Å². The summed E-state index contributed by atoms with van der Waals surface area (Å²) >= 11 is 6.81. The molecule has 0 unspecified atom stereocenters. The number of hydrogen-bond donors (Lipinski definition) is 0. The molecule has 1 aliphatic heterocycles. The van der Waals surface area contributed by atoms with E-state index < -0.39 is 0 Å². The van der Waals surface area contributed by atoms with E-state index in [1.165, 1.54) is 22.5 Å². The van der Waals surface area contributed by atoms with Crippen LogP contribution in [0.15, 0.2) is 102 Å². The molecule has 1 heterocycles. The normalized spacial score (nSPS) is 14.9. The quantitative estimate of drug-likeness (QED) is 0.230. The molecule has 0 spiro atoms. The van der Waals surface area contributed by atoms with Crippen molar-refractivity contribution in [1.29, 1.82) is 0 Å². The number of amides is 1. The van der Waals surface area contributed by atoms with Crippen molar-refractivity contribution < 1.29 is 9.53 Å². The van der Waals surface area contributed by atoms with Crippen molar-refractivity contribution >= 4 is 51.1 Å². The second kappa shape index (κ2) is 9.61. The van der Waals surface area contributed by atoms with Gasteiger partial charge in [0.15, 0.2) is 0 Å². The summed E-state index contributed by atoms with van der Waals surface area (Å²) in [7, 11) is 0. The maximum absolute atomic E-state index is 13.0. The van der Waals surface area contributed by atoms with Gasteiger partial charge in [-0.05, 0) is 45.7 Å². The van der Waals surface area contributed by atoms with Gasteiger partial charge in [-0.15, -0.1) is 0 Å². The minimum absolute atomic E-state index is 0.0593. The number of benzene rings is 4. The summed E-state index contributed by atoms with van der Waals surface area (Å²) in [6.07, 6.45) is 1.88. The molecular formula is C28H21NO2S2. The molecule has 3 nitrogen and oxygen atoms in total. The Kier molecular flexibility index (Phi) is 6.24. The molecule has 0 saturated carbocycles. The van der Waals surface area contributed by atoms with Gasteiger partial charge in [-0.1, -0.05) is 109 Å². The highest BCUT2D eigenvalue weighted by Crippen LogP contribution is 2.34. The highest BCUT2D eigenvalue weighted by molar-refractivity contribution is 8.26. The van der Waals surface area contributed by atoms with E-state index in [2.05, 4.69) is 30.3 Å². The van der Waals surface area contributed by atoms with Crippen LogP contribution in [-0.4, -0.2) is 15.1 Å². The number of carbonyl (C=O) groups is 1. The molecule has 33 heavy (non-hydrogen) atoms. The fourth-order valence-corrected chi connectivity index (χ4v) is 5.08. The molecule has 0 aromatic heterocycles. The Morgan fingerprint density at radius 2 is 1.64 bits per heavy atom. The van der Waals surface area contributed by atoms with Crippen molar-refractivity contribution in [2.45, 2.75) is 13.2 Å². The summed E-state index contributed by atoms with van der Waals surface area (Å²) in [5.74, 6) is 0.701. The molecule has 4 aromatic rings. The topological polar surface area (TPSA) is 29.5 Å². The van der Waals surface area contributed by atoms with Crippen LogP contribution >= 0.6 is 24.0 Å². The molecule has 0 atom stereocenters. The summed E-state index contributed by atoms with van der Waals surface area (Å²) in [5.41, 5.74) is 3.10. The lowest BCUT2D eigenvalue weighted by atomic mass is 10.1. The average Bonchev–Trinajstić information content (AvgIpc) is 3.11. The lowest BCUT2D eigenvalue weighted by Gasteiger charge is -2.14. The van der Waals surface area contributed by atoms with Gasteiger partial charge in [0.05, 0.1) is 11.4 Å². The third-order valence-electron chi connectivity index (χ3n) is 5.49. The molecule has 1 amide bonds. The van der Waals surface area contributed by atoms with Crippen LogP contribution in [0.4, 0.5) is 0 Å². The number of ether oxygens (including phenoxy) is 1. The first kappa shape index (κ1) is 21.4. The second-order valence-corrected chi connectivity index (χ2v) is 9.43. The van der Waals surface area contributed by atoms with Gasteiger partial charge in [0.2, 0.25) is 0 Å². The standard InChI is InChI=1S/C28H21NO2S2/c30-27-26(33-28(32)29(27)18-20-8-2-1-3-9-20)17-21-10-6-14-24(16-21)31-19-23-13-7-12-22-11-4-5-15-25(22)23/h1-17H,18-19H2/b26-17-. The monoisotopic (exact) mass is 467 g/mol. The van der Waals surface area contributed by atoms with Gasteiger partial charge in [0, 0.05) is 0 Å². The van der Waals surface area contributed by atoms with Crippen LogP contribution in [0.2, 0.25) is 0 Å². The zero-order valence-electron chi connectivity index (χ0n) is 17.8. The summed E-state index contributed by atoms with van der Waals surface area (Å²) in [4.78, 5) is 15.2. The SMILES string of the molecule is O=C1/C(=C/c2cccc(OCc3cccc4ccccc34)c2)SC(=S)N1Cc1ccccc1.